The van der Waals surface area contributed by atoms with Gasteiger partial charge in [0.1, 0.15) is 11.3 Å². The highest BCUT2D eigenvalue weighted by Crippen LogP contribution is 2.19. The average Bonchev–Trinajstić information content (AvgIpc) is 2.17. The number of rotatable bonds is 5. The standard InChI is InChI=1S/C9H13ClN2O2S/c1-6(5-13-2)14-8-4-7(10)11-9(12-8)15-3/h4,6H,5H2,1-3H3. The van der Waals surface area contributed by atoms with Gasteiger partial charge in [0.2, 0.25) is 5.88 Å². The van der Waals surface area contributed by atoms with E-state index in [-0.39, 0.29) is 6.10 Å². The van der Waals surface area contributed by atoms with Gasteiger partial charge in [-0.3, -0.25) is 0 Å². The van der Waals surface area contributed by atoms with Crippen molar-refractivity contribution in [3.63, 3.8) is 0 Å². The number of halogens is 1. The Morgan fingerprint density at radius 1 is 1.53 bits per heavy atom. The van der Waals surface area contributed by atoms with Gasteiger partial charge in [-0.15, -0.1) is 0 Å². The molecular formula is C9H13ClN2O2S. The minimum absolute atomic E-state index is 0.0596. The molecule has 1 aromatic heterocycles. The van der Waals surface area contributed by atoms with E-state index < -0.39 is 0 Å². The largest absolute Gasteiger partial charge is 0.472 e. The van der Waals surface area contributed by atoms with Gasteiger partial charge < -0.3 is 9.47 Å². The quantitative estimate of drug-likeness (QED) is 0.454. The molecule has 0 bridgehead atoms. The van der Waals surface area contributed by atoms with Gasteiger partial charge in [0.05, 0.1) is 6.61 Å². The summed E-state index contributed by atoms with van der Waals surface area (Å²) < 4.78 is 10.5. The second-order valence-corrected chi connectivity index (χ2v) is 4.06. The average molecular weight is 249 g/mol. The Kier molecular flexibility index (Phi) is 5.14. The van der Waals surface area contributed by atoms with E-state index in [1.165, 1.54) is 11.8 Å². The zero-order valence-electron chi connectivity index (χ0n) is 8.86. The van der Waals surface area contributed by atoms with Crippen molar-refractivity contribution in [1.82, 2.24) is 9.97 Å². The van der Waals surface area contributed by atoms with Gasteiger partial charge in [0.15, 0.2) is 5.16 Å². The van der Waals surface area contributed by atoms with E-state index in [0.29, 0.717) is 22.8 Å². The molecule has 0 saturated heterocycles. The number of hydrogen-bond donors (Lipinski definition) is 0. The highest BCUT2D eigenvalue weighted by atomic mass is 35.5. The van der Waals surface area contributed by atoms with Gasteiger partial charge >= 0.3 is 0 Å². The first-order valence-electron chi connectivity index (χ1n) is 4.40. The van der Waals surface area contributed by atoms with Crippen LogP contribution in [-0.2, 0) is 4.74 Å². The summed E-state index contributed by atoms with van der Waals surface area (Å²) in [7, 11) is 1.63. The minimum atomic E-state index is -0.0596. The molecule has 0 radical (unpaired) electrons. The molecule has 0 spiro atoms. The van der Waals surface area contributed by atoms with Crippen LogP contribution in [0, 0.1) is 0 Å². The summed E-state index contributed by atoms with van der Waals surface area (Å²) in [5.74, 6) is 0.476. The van der Waals surface area contributed by atoms with Gasteiger partial charge in [-0.2, -0.15) is 4.98 Å². The molecule has 0 aliphatic rings. The summed E-state index contributed by atoms with van der Waals surface area (Å²) >= 11 is 7.23. The zero-order chi connectivity index (χ0) is 11.3. The molecule has 15 heavy (non-hydrogen) atoms. The van der Waals surface area contributed by atoms with Crippen molar-refractivity contribution in [2.45, 2.75) is 18.2 Å². The summed E-state index contributed by atoms with van der Waals surface area (Å²) in [4.78, 5) is 8.18. The van der Waals surface area contributed by atoms with Crippen LogP contribution in [0.3, 0.4) is 0 Å². The highest BCUT2D eigenvalue weighted by Gasteiger charge is 2.07. The molecule has 84 valence electrons. The molecule has 0 saturated carbocycles. The predicted octanol–water partition coefficient (Wildman–Crippen LogP) is 2.27. The van der Waals surface area contributed by atoms with E-state index in [0.717, 1.165) is 0 Å². The fourth-order valence-electron chi connectivity index (χ4n) is 1.00. The predicted molar refractivity (Wildman–Crippen MR) is 60.8 cm³/mol. The smallest absolute Gasteiger partial charge is 0.219 e. The third-order valence-electron chi connectivity index (χ3n) is 1.56. The van der Waals surface area contributed by atoms with Gasteiger partial charge in [0, 0.05) is 13.2 Å². The van der Waals surface area contributed by atoms with Gasteiger partial charge in [0.25, 0.3) is 0 Å². The Morgan fingerprint density at radius 2 is 2.27 bits per heavy atom. The maximum absolute atomic E-state index is 5.81. The van der Waals surface area contributed by atoms with Crippen LogP contribution in [0.15, 0.2) is 11.2 Å². The molecule has 4 nitrogen and oxygen atoms in total. The first-order chi connectivity index (χ1) is 7.15. The minimum Gasteiger partial charge on any atom is -0.472 e. The first-order valence-corrected chi connectivity index (χ1v) is 6.00. The van der Waals surface area contributed by atoms with Crippen molar-refractivity contribution in [3.8, 4) is 5.88 Å². The number of nitrogens with zero attached hydrogens (tertiary/aromatic N) is 2. The maximum atomic E-state index is 5.81. The molecule has 0 aromatic carbocycles. The van der Waals surface area contributed by atoms with Crippen molar-refractivity contribution in [3.05, 3.63) is 11.2 Å². The maximum Gasteiger partial charge on any atom is 0.219 e. The number of thioether (sulfide) groups is 1. The number of ether oxygens (including phenoxy) is 2. The Balaban J connectivity index is 2.71. The van der Waals surface area contributed by atoms with Crippen LogP contribution >= 0.6 is 23.4 Å². The lowest BCUT2D eigenvalue weighted by molar-refractivity contribution is 0.0884. The molecule has 0 fully saturated rings. The summed E-state index contributed by atoms with van der Waals surface area (Å²) in [6, 6.07) is 1.59. The lowest BCUT2D eigenvalue weighted by Gasteiger charge is -2.12. The van der Waals surface area contributed by atoms with E-state index in [1.807, 2.05) is 13.2 Å². The van der Waals surface area contributed by atoms with Crippen molar-refractivity contribution < 1.29 is 9.47 Å². The molecule has 1 unspecified atom stereocenters. The van der Waals surface area contributed by atoms with Crippen LogP contribution in [0.1, 0.15) is 6.92 Å². The molecular weight excluding hydrogens is 236 g/mol. The molecule has 6 heteroatoms. The van der Waals surface area contributed by atoms with E-state index >= 15 is 0 Å². The Morgan fingerprint density at radius 3 is 2.87 bits per heavy atom. The normalized spacial score (nSPS) is 12.5. The molecule has 0 N–H and O–H groups in total. The number of aromatic nitrogens is 2. The zero-order valence-corrected chi connectivity index (χ0v) is 10.4. The molecule has 1 aromatic rings. The summed E-state index contributed by atoms with van der Waals surface area (Å²) in [5.41, 5.74) is 0. The lowest BCUT2D eigenvalue weighted by Crippen LogP contribution is -2.18. The summed E-state index contributed by atoms with van der Waals surface area (Å²) in [6.07, 6.45) is 1.82. The second-order valence-electron chi connectivity index (χ2n) is 2.90. The van der Waals surface area contributed by atoms with Crippen LogP contribution in [0.5, 0.6) is 5.88 Å². The van der Waals surface area contributed by atoms with Crippen molar-refractivity contribution in [2.75, 3.05) is 20.0 Å². The molecule has 1 rings (SSSR count). The van der Waals surface area contributed by atoms with Gasteiger partial charge in [-0.05, 0) is 13.2 Å². The SMILES string of the molecule is COCC(C)Oc1cc(Cl)nc(SC)n1. The first kappa shape index (κ1) is 12.5. The third kappa shape index (κ3) is 4.24. The number of hydrogen-bond acceptors (Lipinski definition) is 5. The van der Waals surface area contributed by atoms with Crippen LogP contribution in [0.25, 0.3) is 0 Å². The fraction of sp³-hybridized carbons (Fsp3) is 0.556. The van der Waals surface area contributed by atoms with Crippen molar-refractivity contribution >= 4 is 23.4 Å². The van der Waals surface area contributed by atoms with Crippen LogP contribution < -0.4 is 4.74 Å². The van der Waals surface area contributed by atoms with E-state index in [2.05, 4.69) is 9.97 Å². The van der Waals surface area contributed by atoms with E-state index in [4.69, 9.17) is 21.1 Å². The summed E-state index contributed by atoms with van der Waals surface area (Å²) in [5, 5.41) is 0.982. The van der Waals surface area contributed by atoms with Crippen LogP contribution in [-0.4, -0.2) is 36.0 Å². The van der Waals surface area contributed by atoms with Crippen molar-refractivity contribution in [1.29, 1.82) is 0 Å². The van der Waals surface area contributed by atoms with Crippen LogP contribution in [0.2, 0.25) is 5.15 Å². The van der Waals surface area contributed by atoms with Crippen molar-refractivity contribution in [2.24, 2.45) is 0 Å². The molecule has 0 aliphatic heterocycles. The third-order valence-corrected chi connectivity index (χ3v) is 2.30. The molecule has 0 aliphatic carbocycles. The summed E-state index contributed by atoms with van der Waals surface area (Å²) in [6.45, 7) is 2.41. The Bertz CT molecular complexity index is 325. The Hall–Kier alpha value is -0.520. The lowest BCUT2D eigenvalue weighted by atomic mass is 10.4. The van der Waals surface area contributed by atoms with E-state index in [1.54, 1.807) is 13.2 Å². The monoisotopic (exact) mass is 248 g/mol. The molecule has 0 amide bonds. The second kappa shape index (κ2) is 6.15. The number of methoxy groups -OCH3 is 1. The van der Waals surface area contributed by atoms with Gasteiger partial charge in [-0.25, -0.2) is 4.98 Å². The van der Waals surface area contributed by atoms with Crippen LogP contribution in [0.4, 0.5) is 0 Å². The van der Waals surface area contributed by atoms with E-state index in [9.17, 15) is 0 Å². The van der Waals surface area contributed by atoms with Gasteiger partial charge in [-0.1, -0.05) is 23.4 Å². The fourth-order valence-corrected chi connectivity index (χ4v) is 1.60. The highest BCUT2D eigenvalue weighted by molar-refractivity contribution is 7.98. The molecule has 1 atom stereocenters. The topological polar surface area (TPSA) is 44.2 Å². The Labute approximate surface area is 98.3 Å². The molecule has 1 heterocycles.